The number of benzene rings is 3. The van der Waals surface area contributed by atoms with Gasteiger partial charge < -0.3 is 4.42 Å². The summed E-state index contributed by atoms with van der Waals surface area (Å²) >= 11 is 0. The van der Waals surface area contributed by atoms with Crippen LogP contribution in [0.4, 0.5) is 0 Å². The highest BCUT2D eigenvalue weighted by molar-refractivity contribution is 6.12. The van der Waals surface area contributed by atoms with Crippen molar-refractivity contribution in [2.45, 2.75) is 45.6 Å². The van der Waals surface area contributed by atoms with Gasteiger partial charge in [-0.25, -0.2) is 0 Å². The maximum absolute atomic E-state index is 9.02. The summed E-state index contributed by atoms with van der Waals surface area (Å²) in [5.41, 5.74) is 13.5. The molecule has 5 heterocycles. The molecule has 3 aromatic heterocycles. The van der Waals surface area contributed by atoms with Gasteiger partial charge in [-0.05, 0) is 67.6 Å². The third-order valence-corrected chi connectivity index (χ3v) is 9.28. The third kappa shape index (κ3) is 2.48. The van der Waals surface area contributed by atoms with E-state index in [1.54, 1.807) is 0 Å². The SMILES string of the molecule is [2H]Cc1c[n+]2c(cc1C([2H])(C)C)-c1c(ccc3c1oc1c4c(ccc13)CC(C)=C4)C21c2ccccc2-c2cccc[n+]21. The predicted octanol–water partition coefficient (Wildman–Crippen LogP) is 7.81. The van der Waals surface area contributed by atoms with Crippen molar-refractivity contribution in [3.8, 4) is 22.5 Å². The lowest BCUT2D eigenvalue weighted by Gasteiger charge is -2.18. The molecule has 0 bridgehead atoms. The van der Waals surface area contributed by atoms with Crippen LogP contribution in [-0.2, 0) is 12.1 Å². The molecular formula is C37H30N2O+2. The molecule has 9 rings (SSSR count). The van der Waals surface area contributed by atoms with E-state index in [0.717, 1.165) is 62.0 Å². The monoisotopic (exact) mass is 520 g/mol. The van der Waals surface area contributed by atoms with Crippen LogP contribution in [0.1, 0.15) is 62.8 Å². The maximum Gasteiger partial charge on any atom is 0.417 e. The Hall–Kier alpha value is -4.50. The molecule has 0 N–H and O–H groups in total. The molecule has 3 aromatic carbocycles. The number of fused-ring (bicyclic) bond motifs is 16. The fourth-order valence-corrected chi connectivity index (χ4v) is 7.68. The molecule has 1 spiro atoms. The zero-order valence-corrected chi connectivity index (χ0v) is 22.9. The van der Waals surface area contributed by atoms with Crippen LogP contribution in [0.3, 0.4) is 0 Å². The summed E-state index contributed by atoms with van der Waals surface area (Å²) in [5, 5.41) is 2.24. The molecule has 3 aliphatic rings. The minimum atomic E-state index is -0.856. The fourth-order valence-electron chi connectivity index (χ4n) is 7.68. The summed E-state index contributed by atoms with van der Waals surface area (Å²) < 4.78 is 29.2. The first-order valence-electron chi connectivity index (χ1n) is 15.2. The Morgan fingerprint density at radius 2 is 1.73 bits per heavy atom. The average Bonchev–Trinajstić information content (AvgIpc) is 3.71. The zero-order chi connectivity index (χ0) is 28.5. The smallest absolute Gasteiger partial charge is 0.417 e. The van der Waals surface area contributed by atoms with Gasteiger partial charge in [0.1, 0.15) is 27.9 Å². The second-order valence-electron chi connectivity index (χ2n) is 11.8. The first-order valence-corrected chi connectivity index (χ1v) is 14.0. The quantitative estimate of drug-likeness (QED) is 0.202. The lowest BCUT2D eigenvalue weighted by molar-refractivity contribution is -0.955. The van der Waals surface area contributed by atoms with E-state index < -0.39 is 11.6 Å². The maximum atomic E-state index is 9.02. The summed E-state index contributed by atoms with van der Waals surface area (Å²) in [5.74, 6) is -0.856. The highest BCUT2D eigenvalue weighted by atomic mass is 16.3. The number of rotatable bonds is 1. The van der Waals surface area contributed by atoms with E-state index in [1.807, 2.05) is 13.8 Å². The minimum Gasteiger partial charge on any atom is -0.454 e. The molecule has 0 amide bonds. The van der Waals surface area contributed by atoms with E-state index in [4.69, 9.17) is 7.16 Å². The van der Waals surface area contributed by atoms with Crippen molar-refractivity contribution in [1.82, 2.24) is 0 Å². The molecule has 0 radical (unpaired) electrons. The average molecular weight is 521 g/mol. The van der Waals surface area contributed by atoms with E-state index in [-0.39, 0.29) is 6.90 Å². The fraction of sp³-hybridized carbons (Fsp3) is 0.189. The number of hydrogen-bond donors (Lipinski definition) is 0. The van der Waals surface area contributed by atoms with Crippen molar-refractivity contribution in [3.63, 3.8) is 0 Å². The second kappa shape index (κ2) is 7.37. The number of aromatic nitrogens is 2. The molecule has 0 saturated carbocycles. The minimum absolute atomic E-state index is 0.107. The van der Waals surface area contributed by atoms with Crippen LogP contribution >= 0.6 is 0 Å². The lowest BCUT2D eigenvalue weighted by Crippen LogP contribution is -2.71. The molecule has 0 saturated heterocycles. The highest BCUT2D eigenvalue weighted by Gasteiger charge is 2.67. The summed E-state index contributed by atoms with van der Waals surface area (Å²) in [7, 11) is 0. The van der Waals surface area contributed by atoms with Crippen LogP contribution < -0.4 is 9.13 Å². The second-order valence-corrected chi connectivity index (χ2v) is 11.8. The Morgan fingerprint density at radius 3 is 2.60 bits per heavy atom. The van der Waals surface area contributed by atoms with Crippen LogP contribution in [0, 0.1) is 6.90 Å². The molecule has 1 unspecified atom stereocenters. The first-order chi connectivity index (χ1) is 20.3. The molecule has 6 aromatic rings. The number of allylic oxidation sites excluding steroid dienone is 1. The van der Waals surface area contributed by atoms with E-state index >= 15 is 0 Å². The van der Waals surface area contributed by atoms with E-state index in [2.05, 4.69) is 107 Å². The first kappa shape index (κ1) is 20.4. The van der Waals surface area contributed by atoms with Gasteiger partial charge in [0, 0.05) is 42.8 Å². The molecule has 40 heavy (non-hydrogen) atoms. The van der Waals surface area contributed by atoms with Crippen molar-refractivity contribution < 1.29 is 16.3 Å². The number of furan rings is 1. The molecular weight excluding hydrogens is 488 g/mol. The number of aryl methyl sites for hydroxylation is 1. The Labute approximate surface area is 236 Å². The van der Waals surface area contributed by atoms with Gasteiger partial charge in [0.25, 0.3) is 0 Å². The Bertz CT molecular complexity index is 2170. The summed E-state index contributed by atoms with van der Waals surface area (Å²) in [6.07, 6.45) is 7.54. The van der Waals surface area contributed by atoms with Crippen molar-refractivity contribution in [3.05, 3.63) is 124 Å². The van der Waals surface area contributed by atoms with Gasteiger partial charge >= 0.3 is 5.66 Å². The van der Waals surface area contributed by atoms with Gasteiger partial charge in [-0.2, -0.15) is 0 Å². The number of hydrogen-bond acceptors (Lipinski definition) is 1. The number of nitrogens with zero attached hydrogens (tertiary/aromatic N) is 2. The van der Waals surface area contributed by atoms with Gasteiger partial charge in [-0.1, -0.05) is 49.8 Å². The topological polar surface area (TPSA) is 20.9 Å². The zero-order valence-electron chi connectivity index (χ0n) is 24.9. The normalized spacial score (nSPS) is 18.8. The van der Waals surface area contributed by atoms with Crippen LogP contribution in [0.5, 0.6) is 0 Å². The van der Waals surface area contributed by atoms with Gasteiger partial charge in [0.15, 0.2) is 12.4 Å². The van der Waals surface area contributed by atoms with Crippen LogP contribution in [0.2, 0.25) is 0 Å². The van der Waals surface area contributed by atoms with Crippen LogP contribution in [0.15, 0.2) is 95.2 Å². The van der Waals surface area contributed by atoms with E-state index in [0.29, 0.717) is 0 Å². The van der Waals surface area contributed by atoms with Gasteiger partial charge in [0.2, 0.25) is 11.4 Å². The van der Waals surface area contributed by atoms with E-state index in [9.17, 15) is 0 Å². The van der Waals surface area contributed by atoms with Crippen LogP contribution in [-0.4, -0.2) is 0 Å². The molecule has 1 atom stereocenters. The Balaban J connectivity index is 1.49. The van der Waals surface area contributed by atoms with Gasteiger partial charge in [-0.15, -0.1) is 9.13 Å². The Morgan fingerprint density at radius 1 is 0.900 bits per heavy atom. The molecule has 1 aliphatic carbocycles. The molecule has 2 aliphatic heterocycles. The largest absolute Gasteiger partial charge is 0.454 e. The predicted molar refractivity (Wildman–Crippen MR) is 159 cm³/mol. The standard InChI is InChI=1S/C37H30N2O/c1-21(2)28-19-33-34-31(15-14-26-25-13-12-24-17-22(3)18-29(24)35(25)40-36(26)34)37(39(33)20-23(28)4)30-10-6-5-9-27(30)32-11-7-8-16-38(32)37/h5-16,18-21H,17H2,1-4H3/q+2/i4D,21D. The summed E-state index contributed by atoms with van der Waals surface area (Å²) in [4.78, 5) is 0. The molecule has 3 nitrogen and oxygen atoms in total. The van der Waals surface area contributed by atoms with Crippen LogP contribution in [0.25, 0.3) is 50.5 Å². The summed E-state index contributed by atoms with van der Waals surface area (Å²) in [6, 6.07) is 26.2. The van der Waals surface area contributed by atoms with Crippen molar-refractivity contribution >= 4 is 28.0 Å². The number of pyridine rings is 2. The van der Waals surface area contributed by atoms with Gasteiger partial charge in [-0.3, -0.25) is 0 Å². The lowest BCUT2D eigenvalue weighted by atomic mass is 9.89. The van der Waals surface area contributed by atoms with Crippen molar-refractivity contribution in [2.24, 2.45) is 0 Å². The summed E-state index contributed by atoms with van der Waals surface area (Å²) in [6.45, 7) is 6.12. The van der Waals surface area contributed by atoms with E-state index in [1.165, 1.54) is 27.8 Å². The third-order valence-electron chi connectivity index (χ3n) is 9.28. The molecule has 0 fully saturated rings. The van der Waals surface area contributed by atoms with Crippen molar-refractivity contribution in [2.75, 3.05) is 0 Å². The van der Waals surface area contributed by atoms with Crippen molar-refractivity contribution in [1.29, 1.82) is 0 Å². The highest BCUT2D eigenvalue weighted by Crippen LogP contribution is 2.51. The van der Waals surface area contributed by atoms with Gasteiger partial charge in [0.05, 0.1) is 5.56 Å². The molecule has 192 valence electrons. The molecule has 3 heteroatoms. The Kier molecular flexibility index (Phi) is 3.76.